The minimum Gasteiger partial charge on any atom is -0.394 e. The van der Waals surface area contributed by atoms with E-state index >= 15 is 0 Å². The Hall–Kier alpha value is -1.05. The first-order valence-corrected chi connectivity index (χ1v) is 7.33. The number of rotatable bonds is 6. The predicted octanol–water partition coefficient (Wildman–Crippen LogP) is 1.66. The minimum absolute atomic E-state index is 0.112. The van der Waals surface area contributed by atoms with Crippen LogP contribution in [0.1, 0.15) is 12.8 Å². The van der Waals surface area contributed by atoms with E-state index in [2.05, 4.69) is 11.0 Å². The van der Waals surface area contributed by atoms with Crippen LogP contribution in [0.25, 0.3) is 0 Å². The van der Waals surface area contributed by atoms with Gasteiger partial charge in [0.25, 0.3) is 0 Å². The van der Waals surface area contributed by atoms with Gasteiger partial charge in [-0.05, 0) is 30.9 Å². The lowest BCUT2D eigenvalue weighted by atomic mass is 9.92. The molecule has 0 bridgehead atoms. The minimum atomic E-state index is -0.531. The summed E-state index contributed by atoms with van der Waals surface area (Å²) in [4.78, 5) is 16.8. The van der Waals surface area contributed by atoms with Gasteiger partial charge in [-0.1, -0.05) is 28.8 Å². The van der Waals surface area contributed by atoms with Crippen molar-refractivity contribution in [1.82, 2.24) is 11.0 Å². The maximum absolute atomic E-state index is 11.5. The lowest BCUT2D eigenvalue weighted by molar-refractivity contribution is -0.123. The summed E-state index contributed by atoms with van der Waals surface area (Å²) in [5.74, 6) is 0.139. The number of hydrogen-bond donors (Lipinski definition) is 3. The van der Waals surface area contributed by atoms with Gasteiger partial charge in [-0.2, -0.15) is 0 Å². The summed E-state index contributed by atoms with van der Waals surface area (Å²) in [5.41, 5.74) is 10.7. The lowest BCUT2D eigenvalue weighted by Crippen LogP contribution is -2.54. The number of carbonyl (C=O) groups excluding carboxylic acids is 1. The van der Waals surface area contributed by atoms with Crippen LogP contribution in [0.5, 0.6) is 5.75 Å². The molecular weight excluding hydrogens is 317 g/mol. The van der Waals surface area contributed by atoms with Gasteiger partial charge in [0.05, 0.1) is 10.0 Å². The van der Waals surface area contributed by atoms with E-state index in [0.717, 1.165) is 12.8 Å². The van der Waals surface area contributed by atoms with Gasteiger partial charge in [-0.3, -0.25) is 4.79 Å². The monoisotopic (exact) mass is 333 g/mol. The van der Waals surface area contributed by atoms with Crippen molar-refractivity contribution in [3.05, 3.63) is 28.2 Å². The summed E-state index contributed by atoms with van der Waals surface area (Å²) in [6.07, 6.45) is 1.55. The molecule has 1 atom stereocenters. The highest BCUT2D eigenvalue weighted by Crippen LogP contribution is 2.25. The highest BCUT2D eigenvalue weighted by atomic mass is 35.5. The quantitative estimate of drug-likeness (QED) is 0.689. The van der Waals surface area contributed by atoms with Crippen LogP contribution in [0, 0.1) is 5.92 Å². The van der Waals surface area contributed by atoms with E-state index in [4.69, 9.17) is 38.5 Å². The topological polar surface area (TPSA) is 85.6 Å². The summed E-state index contributed by atoms with van der Waals surface area (Å²) in [5, 5.41) is 0.820. The van der Waals surface area contributed by atoms with Gasteiger partial charge < -0.3 is 15.3 Å². The summed E-state index contributed by atoms with van der Waals surface area (Å²) in [7, 11) is 0. The highest BCUT2D eigenvalue weighted by Gasteiger charge is 2.28. The van der Waals surface area contributed by atoms with Crippen molar-refractivity contribution in [2.24, 2.45) is 11.7 Å². The Morgan fingerprint density at radius 2 is 2.05 bits per heavy atom. The molecule has 4 N–H and O–H groups in total. The van der Waals surface area contributed by atoms with Crippen molar-refractivity contribution in [3.63, 3.8) is 0 Å². The fraction of sp³-hybridized carbons (Fsp3) is 0.462. The summed E-state index contributed by atoms with van der Waals surface area (Å²) < 4.78 is 5.27. The number of amides is 1. The summed E-state index contributed by atoms with van der Waals surface area (Å²) in [6, 6.07) is 4.30. The third-order valence-corrected chi connectivity index (χ3v) is 4.06. The molecule has 1 aromatic rings. The molecular formula is C13H17Cl2N3O3. The van der Waals surface area contributed by atoms with Crippen molar-refractivity contribution in [1.29, 1.82) is 0 Å². The molecule has 0 spiro atoms. The Balaban J connectivity index is 1.86. The summed E-state index contributed by atoms with van der Waals surface area (Å²) >= 11 is 11.7. The fourth-order valence-electron chi connectivity index (χ4n) is 2.16. The number of hydrazine groups is 1. The average molecular weight is 334 g/mol. The number of ether oxygens (including phenoxy) is 1. The van der Waals surface area contributed by atoms with Crippen LogP contribution in [0.3, 0.4) is 0 Å². The zero-order valence-electron chi connectivity index (χ0n) is 11.3. The Morgan fingerprint density at radius 3 is 2.67 bits per heavy atom. The van der Waals surface area contributed by atoms with Crippen molar-refractivity contribution < 1.29 is 14.4 Å². The second-order valence-electron chi connectivity index (χ2n) is 4.75. The molecule has 0 saturated carbocycles. The molecule has 1 amide bonds. The maximum atomic E-state index is 11.5. The number of nitrogens with one attached hydrogen (secondary N) is 2. The van der Waals surface area contributed by atoms with Gasteiger partial charge >= 0.3 is 0 Å². The van der Waals surface area contributed by atoms with Gasteiger partial charge in [-0.15, -0.1) is 0 Å². The van der Waals surface area contributed by atoms with Crippen molar-refractivity contribution in [2.45, 2.75) is 18.9 Å². The van der Waals surface area contributed by atoms with Crippen molar-refractivity contribution >= 4 is 29.1 Å². The first kappa shape index (κ1) is 16.3. The molecule has 1 fully saturated rings. The molecule has 0 radical (unpaired) electrons. The van der Waals surface area contributed by atoms with Gasteiger partial charge in [0, 0.05) is 19.3 Å². The SMILES string of the molecule is NC(=O)C(NNOc1ccc(Cl)c(Cl)c1)C1CCOCC1. The molecule has 21 heavy (non-hydrogen) atoms. The van der Waals surface area contributed by atoms with Crippen LogP contribution in [0.15, 0.2) is 18.2 Å². The number of primary amides is 1. The zero-order chi connectivity index (χ0) is 15.2. The first-order valence-electron chi connectivity index (χ1n) is 6.57. The highest BCUT2D eigenvalue weighted by molar-refractivity contribution is 6.42. The molecule has 1 heterocycles. The molecule has 1 unspecified atom stereocenters. The Morgan fingerprint density at radius 1 is 1.33 bits per heavy atom. The average Bonchev–Trinajstić information content (AvgIpc) is 2.48. The number of halogens is 2. The number of nitrogens with two attached hydrogens (primary N) is 1. The van der Waals surface area contributed by atoms with Crippen LogP contribution >= 0.6 is 23.2 Å². The zero-order valence-corrected chi connectivity index (χ0v) is 12.8. The smallest absolute Gasteiger partial charge is 0.236 e. The normalized spacial score (nSPS) is 17.4. The van der Waals surface area contributed by atoms with Crippen LogP contribution in [-0.4, -0.2) is 25.2 Å². The second-order valence-corrected chi connectivity index (χ2v) is 5.57. The molecule has 2 rings (SSSR count). The second kappa shape index (κ2) is 7.82. The Labute approximate surface area is 132 Å². The van der Waals surface area contributed by atoms with Gasteiger partial charge in [0.15, 0.2) is 5.75 Å². The number of benzene rings is 1. The molecule has 116 valence electrons. The van der Waals surface area contributed by atoms with E-state index < -0.39 is 11.9 Å². The van der Waals surface area contributed by atoms with Crippen LogP contribution in [-0.2, 0) is 9.53 Å². The molecule has 6 nitrogen and oxygen atoms in total. The van der Waals surface area contributed by atoms with Crippen molar-refractivity contribution in [2.75, 3.05) is 13.2 Å². The van der Waals surface area contributed by atoms with Crippen molar-refractivity contribution in [3.8, 4) is 5.75 Å². The van der Waals surface area contributed by atoms with E-state index in [1.165, 1.54) is 0 Å². The molecule has 1 aliphatic heterocycles. The Kier molecular flexibility index (Phi) is 6.08. The molecule has 1 aliphatic rings. The lowest BCUT2D eigenvalue weighted by Gasteiger charge is -2.28. The van der Waals surface area contributed by atoms with Crippen LogP contribution in [0.4, 0.5) is 0 Å². The van der Waals surface area contributed by atoms with Crippen LogP contribution in [0.2, 0.25) is 10.0 Å². The molecule has 1 aromatic carbocycles. The van der Waals surface area contributed by atoms with E-state index in [1.54, 1.807) is 18.2 Å². The van der Waals surface area contributed by atoms with Gasteiger partial charge in [0.1, 0.15) is 6.04 Å². The molecule has 0 aromatic heterocycles. The number of hydrogen-bond acceptors (Lipinski definition) is 5. The third-order valence-electron chi connectivity index (χ3n) is 3.32. The first-order chi connectivity index (χ1) is 10.1. The largest absolute Gasteiger partial charge is 0.394 e. The standard InChI is InChI=1S/C13H17Cl2N3O3/c14-10-2-1-9(7-11(10)15)21-18-17-12(13(16)19)8-3-5-20-6-4-8/h1-2,7-8,12,17-18H,3-6H2,(H2,16,19). The summed E-state index contributed by atoms with van der Waals surface area (Å²) in [6.45, 7) is 1.26. The maximum Gasteiger partial charge on any atom is 0.236 e. The number of carbonyl (C=O) groups is 1. The predicted molar refractivity (Wildman–Crippen MR) is 79.9 cm³/mol. The van der Waals surface area contributed by atoms with E-state index in [9.17, 15) is 4.79 Å². The molecule has 8 heteroatoms. The molecule has 1 saturated heterocycles. The Bertz CT molecular complexity index is 496. The molecule has 0 aliphatic carbocycles. The third kappa shape index (κ3) is 4.72. The van der Waals surface area contributed by atoms with E-state index in [0.29, 0.717) is 29.0 Å². The van der Waals surface area contributed by atoms with Gasteiger partial charge in [0.2, 0.25) is 5.91 Å². The van der Waals surface area contributed by atoms with E-state index in [-0.39, 0.29) is 5.92 Å². The van der Waals surface area contributed by atoms with Crippen LogP contribution < -0.4 is 21.6 Å². The van der Waals surface area contributed by atoms with E-state index in [1.807, 2.05) is 0 Å². The van der Waals surface area contributed by atoms with Gasteiger partial charge in [-0.25, -0.2) is 5.43 Å². The fourth-order valence-corrected chi connectivity index (χ4v) is 2.45.